The molecule has 13 nitrogen and oxygen atoms in total. The van der Waals surface area contributed by atoms with E-state index in [1.54, 1.807) is 27.9 Å². The van der Waals surface area contributed by atoms with Crippen LogP contribution in [0.15, 0.2) is 0 Å². The van der Waals surface area contributed by atoms with Crippen LogP contribution in [0.1, 0.15) is 77.7 Å². The first-order valence-electron chi connectivity index (χ1n) is 10.5. The van der Waals surface area contributed by atoms with Gasteiger partial charge in [-0.1, -0.05) is 44.1 Å². The second-order valence-electron chi connectivity index (χ2n) is 5.41. The minimum Gasteiger partial charge on any atom is -0.466 e. The van der Waals surface area contributed by atoms with Gasteiger partial charge in [-0.15, -0.1) is 0 Å². The second-order valence-corrected chi connectivity index (χ2v) is 5.41. The molecule has 0 heterocycles. The molecule has 0 aliphatic carbocycles. The fourth-order valence-corrected chi connectivity index (χ4v) is 1.19. The summed E-state index contributed by atoms with van der Waals surface area (Å²) in [5.74, 6) is -0.646. The van der Waals surface area contributed by atoms with Gasteiger partial charge in [-0.2, -0.15) is 0 Å². The largest absolute Gasteiger partial charge is 0.510 e. The molecular formula is C27H64O13. The monoisotopic (exact) mass is 596 g/mol. The summed E-state index contributed by atoms with van der Waals surface area (Å²) in [5, 5.41) is 0. The standard InChI is InChI=1S/C7H12O4.C6H12O3.C5H10O4.C3H8O.CH2O.5CH4/c1-3-11-7(9)4-6(8)5-10-2;1-3-6(7)4-9-5-8-2;1-3-8-5(6)9-4-7-2;1-3-4-2;1-2;;;;;/h3-5H2,1-2H3;3-5H2,1-2H3;3-4H2,1-2H3;3H2,1-2H3;1H2;5*1H4. The second kappa shape index (κ2) is 65.5. The van der Waals surface area contributed by atoms with Crippen molar-refractivity contribution in [1.29, 1.82) is 0 Å². The third kappa shape index (κ3) is 83.5. The molecule has 0 aromatic carbocycles. The molecule has 0 saturated heterocycles. The van der Waals surface area contributed by atoms with Gasteiger partial charge in [-0.05, 0) is 20.8 Å². The SMILES string of the molecule is C.C.C.C.C.C=O.CCC(=O)COCOC.CCOC.CCOC(=O)CC(=O)COC.CCOC(=O)OCOC. The highest BCUT2D eigenvalue weighted by Crippen LogP contribution is 1.88. The van der Waals surface area contributed by atoms with E-state index in [1.165, 1.54) is 21.3 Å². The number of hydrogen-bond donors (Lipinski definition) is 0. The Labute approximate surface area is 245 Å². The Morgan fingerprint density at radius 2 is 1.00 bits per heavy atom. The average molecular weight is 597 g/mol. The average Bonchev–Trinajstić information content (AvgIpc) is 2.85. The van der Waals surface area contributed by atoms with Gasteiger partial charge in [0, 0.05) is 41.5 Å². The Bertz CT molecular complexity index is 455. The van der Waals surface area contributed by atoms with Crippen molar-refractivity contribution in [2.24, 2.45) is 0 Å². The Kier molecular flexibility index (Phi) is 108. The van der Waals surface area contributed by atoms with Gasteiger partial charge in [0.2, 0.25) is 0 Å². The summed E-state index contributed by atoms with van der Waals surface area (Å²) in [4.78, 5) is 50.1. The van der Waals surface area contributed by atoms with Crippen molar-refractivity contribution < 1.29 is 61.9 Å². The Morgan fingerprint density at radius 3 is 1.32 bits per heavy atom. The van der Waals surface area contributed by atoms with Crippen molar-refractivity contribution in [3.63, 3.8) is 0 Å². The fourth-order valence-electron chi connectivity index (χ4n) is 1.19. The zero-order chi connectivity index (χ0) is 28.3. The molecule has 0 aliphatic heterocycles. The van der Waals surface area contributed by atoms with Gasteiger partial charge < -0.3 is 42.7 Å². The van der Waals surface area contributed by atoms with E-state index in [4.69, 9.17) is 9.53 Å². The quantitative estimate of drug-likeness (QED) is 0.112. The van der Waals surface area contributed by atoms with Gasteiger partial charge in [0.05, 0.1) is 13.2 Å². The molecule has 0 N–H and O–H groups in total. The molecule has 0 fully saturated rings. The van der Waals surface area contributed by atoms with E-state index >= 15 is 0 Å². The molecule has 0 aromatic heterocycles. The van der Waals surface area contributed by atoms with E-state index in [2.05, 4.69) is 33.2 Å². The number of ether oxygens (including phenoxy) is 8. The predicted molar refractivity (Wildman–Crippen MR) is 160 cm³/mol. The van der Waals surface area contributed by atoms with E-state index in [-0.39, 0.29) is 81.9 Å². The van der Waals surface area contributed by atoms with Gasteiger partial charge in [-0.3, -0.25) is 14.4 Å². The number of methoxy groups -OCH3 is 4. The lowest BCUT2D eigenvalue weighted by atomic mass is 10.3. The van der Waals surface area contributed by atoms with Crippen LogP contribution in [0.3, 0.4) is 0 Å². The molecule has 0 bridgehead atoms. The number of carbonyl (C=O) groups excluding carboxylic acids is 5. The molecule has 0 saturated carbocycles. The lowest BCUT2D eigenvalue weighted by Crippen LogP contribution is -2.14. The summed E-state index contributed by atoms with van der Waals surface area (Å²) in [5.41, 5.74) is 0. The van der Waals surface area contributed by atoms with E-state index in [0.717, 1.165) is 6.61 Å². The third-order valence-electron chi connectivity index (χ3n) is 2.66. The Hall–Kier alpha value is -2.45. The Morgan fingerprint density at radius 1 is 0.550 bits per heavy atom. The molecular weight excluding hydrogens is 532 g/mol. The van der Waals surface area contributed by atoms with Gasteiger partial charge in [-0.25, -0.2) is 4.79 Å². The van der Waals surface area contributed by atoms with Crippen LogP contribution in [-0.2, 0) is 57.1 Å². The predicted octanol–water partition coefficient (Wildman–Crippen LogP) is 5.15. The number of hydrogen-bond acceptors (Lipinski definition) is 13. The molecule has 0 spiro atoms. The molecule has 0 aromatic rings. The summed E-state index contributed by atoms with van der Waals surface area (Å²) in [6.45, 7) is 10.9. The summed E-state index contributed by atoms with van der Waals surface area (Å²) >= 11 is 0. The zero-order valence-corrected chi connectivity index (χ0v) is 22.4. The van der Waals surface area contributed by atoms with Gasteiger partial charge in [0.15, 0.2) is 18.4 Å². The third-order valence-corrected chi connectivity index (χ3v) is 2.66. The summed E-state index contributed by atoms with van der Waals surface area (Å²) in [6, 6.07) is 0. The van der Waals surface area contributed by atoms with Crippen LogP contribution in [0.2, 0.25) is 0 Å². The van der Waals surface area contributed by atoms with Gasteiger partial charge in [0.25, 0.3) is 0 Å². The lowest BCUT2D eigenvalue weighted by Gasteiger charge is -2.00. The maximum Gasteiger partial charge on any atom is 0.510 e. The van der Waals surface area contributed by atoms with Crippen LogP contribution in [0, 0.1) is 0 Å². The van der Waals surface area contributed by atoms with Crippen LogP contribution in [0.4, 0.5) is 4.79 Å². The minimum atomic E-state index is -0.695. The first-order valence-corrected chi connectivity index (χ1v) is 10.5. The summed E-state index contributed by atoms with van der Waals surface area (Å²) in [7, 11) is 6.04. The van der Waals surface area contributed by atoms with Crippen LogP contribution < -0.4 is 0 Å². The van der Waals surface area contributed by atoms with Crippen molar-refractivity contribution >= 4 is 30.5 Å². The van der Waals surface area contributed by atoms with Crippen LogP contribution in [0.5, 0.6) is 0 Å². The molecule has 0 amide bonds. The molecule has 13 heteroatoms. The first kappa shape index (κ1) is 66.1. The van der Waals surface area contributed by atoms with E-state index < -0.39 is 12.1 Å². The topological polar surface area (TPSA) is 159 Å². The summed E-state index contributed by atoms with van der Waals surface area (Å²) < 4.78 is 36.1. The number of Topliss-reactive ketones (excluding diaryl/α,β-unsaturated/α-hetero) is 2. The van der Waals surface area contributed by atoms with E-state index in [9.17, 15) is 19.2 Å². The number of esters is 1. The molecule has 0 unspecified atom stereocenters. The van der Waals surface area contributed by atoms with Crippen molar-refractivity contribution in [3.8, 4) is 0 Å². The van der Waals surface area contributed by atoms with Gasteiger partial charge >= 0.3 is 12.1 Å². The molecule has 250 valence electrons. The normalized spacial score (nSPS) is 7.50. The van der Waals surface area contributed by atoms with E-state index in [0.29, 0.717) is 19.6 Å². The van der Waals surface area contributed by atoms with Crippen LogP contribution in [-0.4, -0.2) is 106 Å². The van der Waals surface area contributed by atoms with Crippen LogP contribution >= 0.6 is 0 Å². The molecule has 0 rings (SSSR count). The van der Waals surface area contributed by atoms with Crippen molar-refractivity contribution in [2.45, 2.75) is 77.7 Å². The smallest absolute Gasteiger partial charge is 0.466 e. The maximum atomic E-state index is 10.7. The molecule has 0 radical (unpaired) electrons. The fraction of sp³-hybridized carbons (Fsp3) is 0.815. The maximum absolute atomic E-state index is 10.7. The highest BCUT2D eigenvalue weighted by molar-refractivity contribution is 5.96. The highest BCUT2D eigenvalue weighted by atomic mass is 16.8. The first-order chi connectivity index (χ1) is 16.7. The van der Waals surface area contributed by atoms with Crippen molar-refractivity contribution in [1.82, 2.24) is 0 Å². The molecule has 0 atom stereocenters. The van der Waals surface area contributed by atoms with E-state index in [1.807, 2.05) is 13.7 Å². The lowest BCUT2D eigenvalue weighted by molar-refractivity contribution is -0.146. The number of rotatable bonds is 14. The Balaban J connectivity index is -0.0000000364. The zero-order valence-electron chi connectivity index (χ0n) is 22.4. The van der Waals surface area contributed by atoms with Gasteiger partial charge in [0.1, 0.15) is 33.2 Å². The minimum absolute atomic E-state index is 0. The van der Waals surface area contributed by atoms with Crippen molar-refractivity contribution in [3.05, 3.63) is 0 Å². The van der Waals surface area contributed by atoms with Crippen molar-refractivity contribution in [2.75, 3.05) is 75.1 Å². The summed E-state index contributed by atoms with van der Waals surface area (Å²) in [6.07, 6.45) is -0.356. The molecule has 40 heavy (non-hydrogen) atoms. The number of ketones is 2. The van der Waals surface area contributed by atoms with Crippen LogP contribution in [0.25, 0.3) is 0 Å². The number of carbonyl (C=O) groups is 5. The highest BCUT2D eigenvalue weighted by Gasteiger charge is 2.08. The molecule has 0 aliphatic rings.